The number of anilines is 2. The van der Waals surface area contributed by atoms with Crippen molar-refractivity contribution in [1.29, 1.82) is 0 Å². The van der Waals surface area contributed by atoms with Crippen LogP contribution in [0.4, 0.5) is 17.5 Å². The Bertz CT molecular complexity index is 463. The molecule has 1 unspecified atom stereocenters. The van der Waals surface area contributed by atoms with Gasteiger partial charge in [0.25, 0.3) is 0 Å². The number of nitrogens with two attached hydrogens (primary N) is 1. The number of nitrogen functional groups attached to an aromatic ring is 1. The second kappa shape index (κ2) is 6.28. The Morgan fingerprint density at radius 2 is 2.00 bits per heavy atom. The molecule has 8 heteroatoms. The molecule has 1 aromatic rings. The van der Waals surface area contributed by atoms with E-state index in [0.29, 0.717) is 5.92 Å². The number of aryl methyl sites for hydroxylation is 1. The summed E-state index contributed by atoms with van der Waals surface area (Å²) < 4.78 is 0. The molecule has 0 saturated heterocycles. The van der Waals surface area contributed by atoms with Crippen LogP contribution in [0.5, 0.6) is 0 Å². The van der Waals surface area contributed by atoms with Gasteiger partial charge >= 0.3 is 5.69 Å². The fourth-order valence-corrected chi connectivity index (χ4v) is 1.95. The van der Waals surface area contributed by atoms with Crippen molar-refractivity contribution in [2.75, 3.05) is 10.7 Å². The smallest absolute Gasteiger partial charge is 0.332 e. The normalized spacial score (nSPS) is 12.3. The molecule has 1 atom stereocenters. The van der Waals surface area contributed by atoms with E-state index in [2.05, 4.69) is 34.6 Å². The summed E-state index contributed by atoms with van der Waals surface area (Å²) in [6, 6.07) is 0.0682. The van der Waals surface area contributed by atoms with E-state index in [1.165, 1.54) is 0 Å². The highest BCUT2D eigenvalue weighted by atomic mass is 16.6. The van der Waals surface area contributed by atoms with Gasteiger partial charge in [-0.1, -0.05) is 13.8 Å². The first kappa shape index (κ1) is 15.1. The molecule has 0 aliphatic rings. The number of nitrogens with one attached hydrogen (secondary N) is 2. The van der Waals surface area contributed by atoms with Crippen LogP contribution < -0.4 is 16.6 Å². The van der Waals surface area contributed by atoms with Crippen LogP contribution in [0.25, 0.3) is 0 Å². The predicted octanol–water partition coefficient (Wildman–Crippen LogP) is 1.83. The Labute approximate surface area is 111 Å². The molecule has 0 aliphatic carbocycles. The van der Waals surface area contributed by atoms with E-state index in [-0.39, 0.29) is 29.2 Å². The molecule has 0 aromatic carbocycles. The monoisotopic (exact) mass is 268 g/mol. The third kappa shape index (κ3) is 4.02. The zero-order chi connectivity index (χ0) is 14.6. The van der Waals surface area contributed by atoms with Gasteiger partial charge in [-0.25, -0.2) is 10.8 Å². The van der Waals surface area contributed by atoms with Gasteiger partial charge in [0.15, 0.2) is 0 Å². The minimum Gasteiger partial charge on any atom is -0.362 e. The lowest BCUT2D eigenvalue weighted by atomic mass is 10.1. The van der Waals surface area contributed by atoms with Crippen molar-refractivity contribution in [3.05, 3.63) is 15.8 Å². The number of hydrogen-bond acceptors (Lipinski definition) is 7. The molecule has 0 bridgehead atoms. The third-order valence-corrected chi connectivity index (χ3v) is 2.58. The standard InChI is InChI=1S/C11H20N6O2/c1-6(2)5-7(3)13-10-9(17(18)19)8(4)14-11(15-10)16-12/h6-7H,5,12H2,1-4H3,(H2,13,14,15,16). The Balaban J connectivity index is 3.09. The number of hydrogen-bond donors (Lipinski definition) is 3. The highest BCUT2D eigenvalue weighted by molar-refractivity contribution is 5.61. The summed E-state index contributed by atoms with van der Waals surface area (Å²) >= 11 is 0. The maximum atomic E-state index is 11.1. The fourth-order valence-electron chi connectivity index (χ4n) is 1.95. The summed E-state index contributed by atoms with van der Waals surface area (Å²) in [6.45, 7) is 7.69. The van der Waals surface area contributed by atoms with E-state index < -0.39 is 4.92 Å². The maximum absolute atomic E-state index is 11.1. The average Bonchev–Trinajstić information content (AvgIpc) is 2.26. The summed E-state index contributed by atoms with van der Waals surface area (Å²) in [5.41, 5.74) is 2.46. The highest BCUT2D eigenvalue weighted by Gasteiger charge is 2.23. The van der Waals surface area contributed by atoms with E-state index in [0.717, 1.165) is 6.42 Å². The first-order valence-corrected chi connectivity index (χ1v) is 6.11. The lowest BCUT2D eigenvalue weighted by Gasteiger charge is -2.17. The predicted molar refractivity (Wildman–Crippen MR) is 73.8 cm³/mol. The van der Waals surface area contributed by atoms with Gasteiger partial charge in [0.05, 0.1) is 4.92 Å². The van der Waals surface area contributed by atoms with Gasteiger partial charge < -0.3 is 5.32 Å². The van der Waals surface area contributed by atoms with Gasteiger partial charge in [-0.3, -0.25) is 15.5 Å². The van der Waals surface area contributed by atoms with Crippen LogP contribution in [0.2, 0.25) is 0 Å². The molecular weight excluding hydrogens is 248 g/mol. The molecule has 1 heterocycles. The first-order valence-electron chi connectivity index (χ1n) is 6.11. The van der Waals surface area contributed by atoms with E-state index in [1.54, 1.807) is 6.92 Å². The second-order valence-corrected chi connectivity index (χ2v) is 4.91. The number of hydrazine groups is 1. The molecule has 19 heavy (non-hydrogen) atoms. The van der Waals surface area contributed by atoms with Gasteiger partial charge in [0, 0.05) is 6.04 Å². The molecule has 0 amide bonds. The van der Waals surface area contributed by atoms with Crippen LogP contribution in [0.15, 0.2) is 0 Å². The second-order valence-electron chi connectivity index (χ2n) is 4.91. The number of rotatable bonds is 6. The van der Waals surface area contributed by atoms with E-state index >= 15 is 0 Å². The van der Waals surface area contributed by atoms with Crippen LogP contribution in [0.1, 0.15) is 32.9 Å². The van der Waals surface area contributed by atoms with E-state index in [9.17, 15) is 10.1 Å². The first-order chi connectivity index (χ1) is 8.85. The molecule has 4 N–H and O–H groups in total. The lowest BCUT2D eigenvalue weighted by Crippen LogP contribution is -2.21. The summed E-state index contributed by atoms with van der Waals surface area (Å²) in [5.74, 6) is 6.08. The minimum absolute atomic E-state index is 0.0682. The highest BCUT2D eigenvalue weighted by Crippen LogP contribution is 2.27. The van der Waals surface area contributed by atoms with Crippen molar-refractivity contribution in [2.45, 2.75) is 40.2 Å². The van der Waals surface area contributed by atoms with Crippen molar-refractivity contribution in [3.8, 4) is 0 Å². The summed E-state index contributed by atoms with van der Waals surface area (Å²) in [5, 5.41) is 14.1. The molecule has 1 rings (SSSR count). The SMILES string of the molecule is Cc1nc(NN)nc(NC(C)CC(C)C)c1[N+](=O)[O-]. The summed E-state index contributed by atoms with van der Waals surface area (Å²) in [6.07, 6.45) is 0.881. The molecule has 0 aliphatic heterocycles. The number of aromatic nitrogens is 2. The Morgan fingerprint density at radius 1 is 1.37 bits per heavy atom. The minimum atomic E-state index is -0.486. The van der Waals surface area contributed by atoms with Crippen molar-refractivity contribution in [3.63, 3.8) is 0 Å². The molecule has 8 nitrogen and oxygen atoms in total. The van der Waals surface area contributed by atoms with Crippen molar-refractivity contribution < 1.29 is 4.92 Å². The Hall–Kier alpha value is -1.96. The molecule has 0 fully saturated rings. The molecular formula is C11H20N6O2. The Kier molecular flexibility index (Phi) is 4.99. The molecule has 0 spiro atoms. The number of nitro groups is 1. The van der Waals surface area contributed by atoms with Crippen LogP contribution in [-0.2, 0) is 0 Å². The molecule has 0 saturated carbocycles. The van der Waals surface area contributed by atoms with Gasteiger partial charge in [-0.15, -0.1) is 0 Å². The van der Waals surface area contributed by atoms with Crippen LogP contribution >= 0.6 is 0 Å². The fraction of sp³-hybridized carbons (Fsp3) is 0.636. The van der Waals surface area contributed by atoms with Crippen LogP contribution in [-0.4, -0.2) is 20.9 Å². The molecule has 0 radical (unpaired) electrons. The van der Waals surface area contributed by atoms with Crippen LogP contribution in [0, 0.1) is 23.0 Å². The number of nitrogens with zero attached hydrogens (tertiary/aromatic N) is 3. The molecule has 106 valence electrons. The van der Waals surface area contributed by atoms with E-state index in [1.807, 2.05) is 6.92 Å². The van der Waals surface area contributed by atoms with Gasteiger partial charge in [0.2, 0.25) is 11.8 Å². The van der Waals surface area contributed by atoms with Crippen molar-refractivity contribution >= 4 is 17.5 Å². The maximum Gasteiger partial charge on any atom is 0.332 e. The summed E-state index contributed by atoms with van der Waals surface area (Å²) in [7, 11) is 0. The van der Waals surface area contributed by atoms with Gasteiger partial charge in [-0.2, -0.15) is 4.98 Å². The zero-order valence-electron chi connectivity index (χ0n) is 11.6. The van der Waals surface area contributed by atoms with Crippen molar-refractivity contribution in [2.24, 2.45) is 11.8 Å². The van der Waals surface area contributed by atoms with Crippen molar-refractivity contribution in [1.82, 2.24) is 9.97 Å². The van der Waals surface area contributed by atoms with E-state index in [4.69, 9.17) is 5.84 Å². The summed E-state index contributed by atoms with van der Waals surface area (Å²) in [4.78, 5) is 18.5. The topological polar surface area (TPSA) is 119 Å². The third-order valence-electron chi connectivity index (χ3n) is 2.58. The largest absolute Gasteiger partial charge is 0.362 e. The quantitative estimate of drug-likeness (QED) is 0.409. The Morgan fingerprint density at radius 3 is 2.47 bits per heavy atom. The lowest BCUT2D eigenvalue weighted by molar-refractivity contribution is -0.385. The molecule has 1 aromatic heterocycles. The zero-order valence-corrected chi connectivity index (χ0v) is 11.6. The van der Waals surface area contributed by atoms with Gasteiger partial charge in [0.1, 0.15) is 5.69 Å². The van der Waals surface area contributed by atoms with Gasteiger partial charge in [-0.05, 0) is 26.2 Å². The van der Waals surface area contributed by atoms with Crippen LogP contribution in [0.3, 0.4) is 0 Å². The average molecular weight is 268 g/mol.